The number of hydrazine groups is 1. The molecule has 0 saturated carbocycles. The van der Waals surface area contributed by atoms with Gasteiger partial charge in [0.15, 0.2) is 0 Å². The van der Waals surface area contributed by atoms with Gasteiger partial charge in [-0.1, -0.05) is 17.7 Å². The quantitative estimate of drug-likeness (QED) is 0.526. The fraction of sp³-hybridized carbons (Fsp3) is 0.0625. The van der Waals surface area contributed by atoms with E-state index in [2.05, 4.69) is 26.8 Å². The van der Waals surface area contributed by atoms with Crippen LogP contribution in [0.25, 0.3) is 0 Å². The molecule has 0 bridgehead atoms. The Kier molecular flexibility index (Phi) is 6.75. The molecule has 0 aliphatic carbocycles. The van der Waals surface area contributed by atoms with Crippen molar-refractivity contribution in [3.05, 3.63) is 59.4 Å². The second kappa shape index (κ2) is 9.23. The maximum absolute atomic E-state index is 12.8. The van der Waals surface area contributed by atoms with E-state index in [1.807, 2.05) is 0 Å². The van der Waals surface area contributed by atoms with Gasteiger partial charge in [-0.15, -0.1) is 0 Å². The first-order valence-corrected chi connectivity index (χ1v) is 7.72. The van der Waals surface area contributed by atoms with Crippen molar-refractivity contribution in [2.75, 3.05) is 17.2 Å². The number of nitrogens with one attached hydrogen (secondary N) is 5. The standard InChI is InChI=1S/C16H15ClFN5O3/c17-10-2-1-3-13(8-10)21-16(26)23-22-14(24)9-19-15(25)20-12-6-4-11(18)5-7-12/h1-8H,9H2,(H,22,24)(H2,19,20,25)(H2,21,23,26). The SMILES string of the molecule is O=C(CNC(=O)Nc1ccc(F)cc1)NNC(=O)Nc1cccc(Cl)c1. The van der Waals surface area contributed by atoms with Gasteiger partial charge in [0.1, 0.15) is 12.4 Å². The zero-order valence-electron chi connectivity index (χ0n) is 13.3. The molecular formula is C16H15ClFN5O3. The average molecular weight is 380 g/mol. The minimum absolute atomic E-state index is 0.364. The van der Waals surface area contributed by atoms with Gasteiger partial charge in [-0.3, -0.25) is 10.2 Å². The molecule has 0 fully saturated rings. The molecular weight excluding hydrogens is 365 g/mol. The predicted molar refractivity (Wildman–Crippen MR) is 95.2 cm³/mol. The molecule has 5 N–H and O–H groups in total. The number of rotatable bonds is 4. The van der Waals surface area contributed by atoms with Crippen LogP contribution in [0.15, 0.2) is 48.5 Å². The van der Waals surface area contributed by atoms with Gasteiger partial charge in [0.25, 0.3) is 5.91 Å². The van der Waals surface area contributed by atoms with Crippen molar-refractivity contribution in [2.45, 2.75) is 0 Å². The van der Waals surface area contributed by atoms with Crippen molar-refractivity contribution in [1.29, 1.82) is 0 Å². The molecule has 136 valence electrons. The van der Waals surface area contributed by atoms with Gasteiger partial charge in [-0.25, -0.2) is 19.4 Å². The van der Waals surface area contributed by atoms with Gasteiger partial charge in [0.2, 0.25) is 0 Å². The lowest BCUT2D eigenvalue weighted by Gasteiger charge is -2.10. The van der Waals surface area contributed by atoms with Gasteiger partial charge >= 0.3 is 12.1 Å². The Bertz CT molecular complexity index is 801. The highest BCUT2D eigenvalue weighted by Crippen LogP contribution is 2.14. The van der Waals surface area contributed by atoms with Crippen molar-refractivity contribution in [1.82, 2.24) is 16.2 Å². The highest BCUT2D eigenvalue weighted by molar-refractivity contribution is 6.30. The summed E-state index contributed by atoms with van der Waals surface area (Å²) in [5.74, 6) is -1.09. The van der Waals surface area contributed by atoms with Crippen LogP contribution in [0.2, 0.25) is 5.02 Å². The Balaban J connectivity index is 1.67. The van der Waals surface area contributed by atoms with Crippen molar-refractivity contribution in [2.24, 2.45) is 0 Å². The third-order valence-electron chi connectivity index (χ3n) is 2.91. The monoisotopic (exact) mass is 379 g/mol. The fourth-order valence-corrected chi connectivity index (χ4v) is 1.96. The number of carbonyl (C=O) groups is 3. The van der Waals surface area contributed by atoms with Crippen LogP contribution in [0.5, 0.6) is 0 Å². The van der Waals surface area contributed by atoms with Crippen LogP contribution in [-0.2, 0) is 4.79 Å². The van der Waals surface area contributed by atoms with Gasteiger partial charge in [0.05, 0.1) is 0 Å². The lowest BCUT2D eigenvalue weighted by Crippen LogP contribution is -2.48. The molecule has 0 aliphatic heterocycles. The third kappa shape index (κ3) is 6.65. The van der Waals surface area contributed by atoms with Gasteiger partial charge in [-0.05, 0) is 42.5 Å². The summed E-state index contributed by atoms with van der Waals surface area (Å²) in [5.41, 5.74) is 5.05. The number of anilines is 2. The average Bonchev–Trinajstić information content (AvgIpc) is 2.60. The summed E-state index contributed by atoms with van der Waals surface area (Å²) in [6.07, 6.45) is 0. The maximum atomic E-state index is 12.8. The summed E-state index contributed by atoms with van der Waals surface area (Å²) >= 11 is 5.79. The van der Waals surface area contributed by atoms with Crippen LogP contribution in [0, 0.1) is 5.82 Å². The molecule has 0 unspecified atom stereocenters. The maximum Gasteiger partial charge on any atom is 0.337 e. The molecule has 0 heterocycles. The molecule has 0 atom stereocenters. The van der Waals surface area contributed by atoms with Crippen molar-refractivity contribution >= 4 is 40.9 Å². The van der Waals surface area contributed by atoms with Crippen LogP contribution in [0.4, 0.5) is 25.4 Å². The summed E-state index contributed by atoms with van der Waals surface area (Å²) < 4.78 is 12.8. The Hall–Kier alpha value is -3.33. The number of hydrogen-bond acceptors (Lipinski definition) is 3. The summed E-state index contributed by atoms with van der Waals surface area (Å²) in [7, 11) is 0. The molecule has 5 amide bonds. The van der Waals surface area contributed by atoms with E-state index < -0.39 is 23.8 Å². The number of urea groups is 2. The van der Waals surface area contributed by atoms with Gasteiger partial charge in [-0.2, -0.15) is 0 Å². The van der Waals surface area contributed by atoms with Crippen LogP contribution >= 0.6 is 11.6 Å². The minimum Gasteiger partial charge on any atom is -0.329 e. The van der Waals surface area contributed by atoms with Crippen LogP contribution in [0.3, 0.4) is 0 Å². The predicted octanol–water partition coefficient (Wildman–Crippen LogP) is 2.45. The molecule has 2 rings (SSSR count). The molecule has 2 aromatic rings. The highest BCUT2D eigenvalue weighted by atomic mass is 35.5. The summed E-state index contributed by atoms with van der Waals surface area (Å²) in [5, 5.41) is 7.61. The number of hydrogen-bond donors (Lipinski definition) is 5. The topological polar surface area (TPSA) is 111 Å². The van der Waals surface area contributed by atoms with Crippen LogP contribution in [-0.4, -0.2) is 24.5 Å². The lowest BCUT2D eigenvalue weighted by atomic mass is 10.3. The van der Waals surface area contributed by atoms with Crippen LogP contribution < -0.4 is 26.8 Å². The Morgan fingerprint density at radius 3 is 2.27 bits per heavy atom. The number of amides is 5. The van der Waals surface area contributed by atoms with E-state index in [4.69, 9.17) is 11.6 Å². The zero-order chi connectivity index (χ0) is 18.9. The first kappa shape index (κ1) is 19.0. The number of benzene rings is 2. The van der Waals surface area contributed by atoms with Gasteiger partial charge < -0.3 is 16.0 Å². The molecule has 2 aromatic carbocycles. The normalized spacial score (nSPS) is 9.77. The Labute approximate surface area is 153 Å². The molecule has 0 aromatic heterocycles. The van der Waals surface area contributed by atoms with Gasteiger partial charge in [0, 0.05) is 16.4 Å². The number of carbonyl (C=O) groups excluding carboxylic acids is 3. The second-order valence-corrected chi connectivity index (χ2v) is 5.39. The van der Waals surface area contributed by atoms with E-state index >= 15 is 0 Å². The molecule has 10 heteroatoms. The second-order valence-electron chi connectivity index (χ2n) is 4.95. The van der Waals surface area contributed by atoms with Crippen molar-refractivity contribution in [3.8, 4) is 0 Å². The highest BCUT2D eigenvalue weighted by Gasteiger charge is 2.07. The minimum atomic E-state index is -0.684. The van der Waals surface area contributed by atoms with Crippen molar-refractivity contribution in [3.63, 3.8) is 0 Å². The van der Waals surface area contributed by atoms with E-state index in [0.717, 1.165) is 0 Å². The van der Waals surface area contributed by atoms with E-state index in [0.29, 0.717) is 16.4 Å². The Morgan fingerprint density at radius 2 is 1.58 bits per heavy atom. The van der Waals surface area contributed by atoms with E-state index in [1.165, 1.54) is 30.3 Å². The molecule has 0 radical (unpaired) electrons. The lowest BCUT2D eigenvalue weighted by molar-refractivity contribution is -0.120. The Morgan fingerprint density at radius 1 is 0.885 bits per heavy atom. The molecule has 0 aliphatic rings. The first-order chi connectivity index (χ1) is 12.4. The van der Waals surface area contributed by atoms with Crippen LogP contribution in [0.1, 0.15) is 0 Å². The number of halogens is 2. The summed E-state index contributed by atoms with van der Waals surface area (Å²) in [6.45, 7) is -0.384. The molecule has 8 nitrogen and oxygen atoms in total. The van der Waals surface area contributed by atoms with E-state index in [9.17, 15) is 18.8 Å². The molecule has 0 spiro atoms. The smallest absolute Gasteiger partial charge is 0.329 e. The van der Waals surface area contributed by atoms with Crippen molar-refractivity contribution < 1.29 is 18.8 Å². The first-order valence-electron chi connectivity index (χ1n) is 7.34. The molecule has 26 heavy (non-hydrogen) atoms. The zero-order valence-corrected chi connectivity index (χ0v) is 14.1. The summed E-state index contributed by atoms with van der Waals surface area (Å²) in [6, 6.07) is 10.2. The third-order valence-corrected chi connectivity index (χ3v) is 3.14. The van der Waals surface area contributed by atoms with E-state index in [1.54, 1.807) is 18.2 Å². The van der Waals surface area contributed by atoms with E-state index in [-0.39, 0.29) is 6.54 Å². The largest absolute Gasteiger partial charge is 0.337 e. The fourth-order valence-electron chi connectivity index (χ4n) is 1.77. The summed E-state index contributed by atoms with van der Waals surface area (Å²) in [4.78, 5) is 34.8. The molecule has 0 saturated heterocycles.